The number of aryl methyl sites for hydroxylation is 1. The summed E-state index contributed by atoms with van der Waals surface area (Å²) in [5.74, 6) is -2.29. The molecule has 0 fully saturated rings. The van der Waals surface area contributed by atoms with Crippen molar-refractivity contribution in [1.82, 2.24) is 20.9 Å². The third kappa shape index (κ3) is 8.73. The normalized spacial score (nSPS) is 13.1. The molecular formula is C32H32FN4O6. The highest BCUT2D eigenvalue weighted by molar-refractivity contribution is 5.93. The van der Waals surface area contributed by atoms with E-state index >= 15 is 0 Å². The summed E-state index contributed by atoms with van der Waals surface area (Å²) in [5.41, 5.74) is 3.00. The number of aromatic hydroxyl groups is 1. The van der Waals surface area contributed by atoms with Crippen LogP contribution in [0.2, 0.25) is 0 Å². The molecule has 1 radical (unpaired) electrons. The van der Waals surface area contributed by atoms with Gasteiger partial charge in [0, 0.05) is 36.4 Å². The number of fused-ring (bicyclic) bond motifs is 1. The van der Waals surface area contributed by atoms with Gasteiger partial charge in [-0.3, -0.25) is 19.2 Å². The number of aliphatic hydroxyl groups is 1. The minimum Gasteiger partial charge on any atom is -0.508 e. The predicted octanol–water partition coefficient (Wildman–Crippen LogP) is 1.99. The number of carbonyl (C=O) groups is 3. The van der Waals surface area contributed by atoms with E-state index in [4.69, 9.17) is 0 Å². The number of phenolic OH excluding ortho intramolecular Hbond substituents is 1. The van der Waals surface area contributed by atoms with Crippen LogP contribution in [0.15, 0.2) is 79.0 Å². The summed E-state index contributed by atoms with van der Waals surface area (Å²) < 4.78 is 13.2. The van der Waals surface area contributed by atoms with Crippen molar-refractivity contribution in [3.8, 4) is 5.75 Å². The molecule has 3 aromatic carbocycles. The summed E-state index contributed by atoms with van der Waals surface area (Å²) in [7, 11) is 0. The Morgan fingerprint density at radius 3 is 2.21 bits per heavy atom. The number of halogens is 1. The van der Waals surface area contributed by atoms with Crippen LogP contribution in [0.1, 0.15) is 23.1 Å². The maximum Gasteiger partial charge on any atom is 0.245 e. The van der Waals surface area contributed by atoms with Crippen molar-refractivity contribution in [3.63, 3.8) is 0 Å². The number of aromatic amines is 1. The lowest BCUT2D eigenvalue weighted by Crippen LogP contribution is -2.57. The van der Waals surface area contributed by atoms with Gasteiger partial charge in [-0.2, -0.15) is 0 Å². The fourth-order valence-corrected chi connectivity index (χ4v) is 4.63. The number of amides is 3. The third-order valence-electron chi connectivity index (χ3n) is 6.96. The Balaban J connectivity index is 1.44. The Hall–Kier alpha value is -5.03. The number of nitrogens with one attached hydrogen (secondary N) is 4. The zero-order valence-corrected chi connectivity index (χ0v) is 23.2. The second-order valence-corrected chi connectivity index (χ2v) is 10.1. The van der Waals surface area contributed by atoms with Gasteiger partial charge in [0.1, 0.15) is 23.7 Å². The third-order valence-corrected chi connectivity index (χ3v) is 6.96. The molecule has 43 heavy (non-hydrogen) atoms. The topological polar surface area (TPSA) is 161 Å². The number of carbonyl (C=O) groups excluding carboxylic acids is 4. The molecule has 0 saturated heterocycles. The van der Waals surface area contributed by atoms with Crippen LogP contribution in [-0.4, -0.2) is 63.9 Å². The molecule has 0 aliphatic heterocycles. The Kier molecular flexibility index (Phi) is 10.6. The van der Waals surface area contributed by atoms with Gasteiger partial charge in [0.05, 0.1) is 12.6 Å². The van der Waals surface area contributed by atoms with Crippen LogP contribution < -0.4 is 16.0 Å². The van der Waals surface area contributed by atoms with Crippen LogP contribution in [0, 0.1) is 5.82 Å². The predicted molar refractivity (Wildman–Crippen MR) is 157 cm³/mol. The zero-order chi connectivity index (χ0) is 30.8. The number of hydrogen-bond acceptors (Lipinski definition) is 6. The van der Waals surface area contributed by atoms with Crippen LogP contribution in [0.3, 0.4) is 0 Å². The summed E-state index contributed by atoms with van der Waals surface area (Å²) >= 11 is 0. The quantitative estimate of drug-likeness (QED) is 0.132. The molecule has 0 bridgehead atoms. The van der Waals surface area contributed by atoms with E-state index < -0.39 is 42.5 Å². The second kappa shape index (κ2) is 14.7. The first kappa shape index (κ1) is 30.9. The Bertz CT molecular complexity index is 1550. The van der Waals surface area contributed by atoms with Gasteiger partial charge < -0.3 is 31.1 Å². The lowest BCUT2D eigenvalue weighted by atomic mass is 10.0. The summed E-state index contributed by atoms with van der Waals surface area (Å²) in [4.78, 5) is 53.9. The van der Waals surface area contributed by atoms with E-state index in [2.05, 4.69) is 20.9 Å². The minimum atomic E-state index is -1.41. The summed E-state index contributed by atoms with van der Waals surface area (Å²) in [6, 6.07) is 15.7. The van der Waals surface area contributed by atoms with Crippen LogP contribution in [-0.2, 0) is 38.4 Å². The molecule has 4 aromatic rings. The number of para-hydroxylation sites is 1. The van der Waals surface area contributed by atoms with Gasteiger partial charge in [0.15, 0.2) is 0 Å². The smallest absolute Gasteiger partial charge is 0.245 e. The number of H-pyrrole nitrogens is 1. The first-order valence-electron chi connectivity index (χ1n) is 13.7. The maximum absolute atomic E-state index is 13.4. The highest BCUT2D eigenvalue weighted by Crippen LogP contribution is 2.19. The maximum atomic E-state index is 13.4. The average molecular weight is 588 g/mol. The van der Waals surface area contributed by atoms with Crippen LogP contribution in [0.5, 0.6) is 5.75 Å². The minimum absolute atomic E-state index is 0.0291. The van der Waals surface area contributed by atoms with Gasteiger partial charge in [-0.25, -0.2) is 4.39 Å². The molecule has 1 heterocycles. The first-order chi connectivity index (χ1) is 20.7. The van der Waals surface area contributed by atoms with E-state index in [1.54, 1.807) is 36.7 Å². The van der Waals surface area contributed by atoms with Gasteiger partial charge in [-0.1, -0.05) is 42.5 Å². The summed E-state index contributed by atoms with van der Waals surface area (Å²) in [5, 5.41) is 27.9. The Labute approximate surface area is 247 Å². The molecule has 0 unspecified atom stereocenters. The fourth-order valence-electron chi connectivity index (χ4n) is 4.63. The summed E-state index contributed by atoms with van der Waals surface area (Å²) in [6.45, 7) is -0.763. The molecule has 223 valence electrons. The molecule has 3 amide bonds. The molecule has 0 aliphatic carbocycles. The molecule has 0 aliphatic rings. The van der Waals surface area contributed by atoms with E-state index in [-0.39, 0.29) is 30.8 Å². The van der Waals surface area contributed by atoms with Gasteiger partial charge in [-0.05, 0) is 53.4 Å². The highest BCUT2D eigenvalue weighted by Gasteiger charge is 2.28. The van der Waals surface area contributed by atoms with Crippen molar-refractivity contribution < 1.29 is 33.8 Å². The molecule has 6 N–H and O–H groups in total. The van der Waals surface area contributed by atoms with Gasteiger partial charge in [0.25, 0.3) is 0 Å². The number of hydrogen-bond donors (Lipinski definition) is 6. The standard InChI is InChI=1S/C32H32FN4O6/c33-23-10-5-20(6-11-23)9-14-30(41)36-28(16-22-17-34-27-4-2-1-3-26(22)27)31(42)37-29(19-39)32(43)35-24(18-38)15-21-7-12-25(40)13-8-21/h1-8,10-13,17,24,28-29,34,39-40H,9,14-16,19H2,(H,35,43)(H,36,41)(H,37,42)/t24-,28+,29-/m0/s1. The first-order valence-corrected chi connectivity index (χ1v) is 13.7. The molecule has 1 aromatic heterocycles. The molecule has 10 nitrogen and oxygen atoms in total. The molecule has 0 spiro atoms. The number of rotatable bonds is 14. The van der Waals surface area contributed by atoms with Gasteiger partial charge in [-0.15, -0.1) is 0 Å². The van der Waals surface area contributed by atoms with Crippen LogP contribution in [0.4, 0.5) is 4.39 Å². The largest absolute Gasteiger partial charge is 0.508 e. The number of benzene rings is 3. The van der Waals surface area contributed by atoms with E-state index in [0.29, 0.717) is 12.0 Å². The van der Waals surface area contributed by atoms with Crippen LogP contribution >= 0.6 is 0 Å². The highest BCUT2D eigenvalue weighted by atomic mass is 19.1. The van der Waals surface area contributed by atoms with E-state index in [1.165, 1.54) is 24.3 Å². The molecular weight excluding hydrogens is 555 g/mol. The number of phenols is 1. The van der Waals surface area contributed by atoms with E-state index in [1.807, 2.05) is 24.3 Å². The van der Waals surface area contributed by atoms with E-state index in [0.717, 1.165) is 22.0 Å². The average Bonchev–Trinajstić information content (AvgIpc) is 3.42. The number of aliphatic hydroxyl groups excluding tert-OH is 1. The monoisotopic (exact) mass is 587 g/mol. The zero-order valence-electron chi connectivity index (χ0n) is 23.2. The van der Waals surface area contributed by atoms with E-state index in [9.17, 15) is 33.8 Å². The molecule has 11 heteroatoms. The lowest BCUT2D eigenvalue weighted by Gasteiger charge is -2.23. The number of aromatic nitrogens is 1. The SMILES string of the molecule is O=[C][C@H](Cc1ccc(O)cc1)NC(=O)[C@H](CO)NC(=O)[C@@H](Cc1c[nH]c2ccccc12)NC(=O)CCc1ccc(F)cc1. The fraction of sp³-hybridized carbons (Fsp3) is 0.250. The summed E-state index contributed by atoms with van der Waals surface area (Å²) in [6.07, 6.45) is 3.98. The van der Waals surface area contributed by atoms with Crippen molar-refractivity contribution in [2.75, 3.05) is 6.61 Å². The van der Waals surface area contributed by atoms with Gasteiger partial charge >= 0.3 is 0 Å². The van der Waals surface area contributed by atoms with Crippen LogP contribution in [0.25, 0.3) is 10.9 Å². The Morgan fingerprint density at radius 2 is 1.51 bits per heavy atom. The second-order valence-electron chi connectivity index (χ2n) is 10.1. The van der Waals surface area contributed by atoms with Crippen molar-refractivity contribution in [3.05, 3.63) is 102 Å². The molecule has 3 atom stereocenters. The van der Waals surface area contributed by atoms with Crippen molar-refractivity contribution >= 4 is 34.9 Å². The van der Waals surface area contributed by atoms with Crippen molar-refractivity contribution in [1.29, 1.82) is 0 Å². The van der Waals surface area contributed by atoms with Gasteiger partial charge in [0.2, 0.25) is 24.0 Å². The Morgan fingerprint density at radius 1 is 0.837 bits per heavy atom. The van der Waals surface area contributed by atoms with Crippen molar-refractivity contribution in [2.24, 2.45) is 0 Å². The lowest BCUT2D eigenvalue weighted by molar-refractivity contribution is -0.132. The molecule has 0 saturated carbocycles. The molecule has 4 rings (SSSR count). The van der Waals surface area contributed by atoms with Crippen molar-refractivity contribution in [2.45, 2.75) is 43.8 Å².